The Balaban J connectivity index is 1.42. The van der Waals surface area contributed by atoms with Gasteiger partial charge in [-0.15, -0.1) is 0 Å². The second-order valence-electron chi connectivity index (χ2n) is 8.85. The van der Waals surface area contributed by atoms with Gasteiger partial charge in [0.2, 0.25) is 6.29 Å². The second kappa shape index (κ2) is 11.7. The van der Waals surface area contributed by atoms with E-state index in [1.54, 1.807) is 31.4 Å². The van der Waals surface area contributed by atoms with Crippen LogP contribution in [0.25, 0.3) is 0 Å². The molecule has 0 radical (unpaired) electrons. The molecule has 3 aromatic rings. The van der Waals surface area contributed by atoms with Gasteiger partial charge in [0.05, 0.1) is 20.3 Å². The molecule has 0 saturated carbocycles. The molecule has 2 heterocycles. The van der Waals surface area contributed by atoms with Crippen LogP contribution in [0.1, 0.15) is 24.3 Å². The summed E-state index contributed by atoms with van der Waals surface area (Å²) in [4.78, 5) is 12.2. The van der Waals surface area contributed by atoms with Crippen molar-refractivity contribution in [2.75, 3.05) is 13.7 Å². The van der Waals surface area contributed by atoms with Crippen LogP contribution in [0, 0.1) is 0 Å². The van der Waals surface area contributed by atoms with E-state index in [2.05, 4.69) is 0 Å². The van der Waals surface area contributed by atoms with E-state index < -0.39 is 43.0 Å². The summed E-state index contributed by atoms with van der Waals surface area (Å²) in [7, 11) is 1.60. The largest absolute Gasteiger partial charge is 0.497 e. The number of benzene rings is 3. The van der Waals surface area contributed by atoms with E-state index in [-0.39, 0.29) is 13.2 Å². The van der Waals surface area contributed by atoms with Crippen LogP contribution in [0.4, 0.5) is 0 Å². The SMILES string of the molecule is COc1ccc(O[C@@H]2O[C@@H]3COC(c4ccccc4)O[C@H]3[C@H](OC(C)=O)[C@H]2OCc2ccccc2)cc1. The third-order valence-corrected chi connectivity index (χ3v) is 6.25. The molecule has 0 bridgehead atoms. The number of carbonyl (C=O) groups excluding carboxylic acids is 1. The third-order valence-electron chi connectivity index (χ3n) is 6.25. The zero-order valence-electron chi connectivity index (χ0n) is 20.7. The first-order valence-electron chi connectivity index (χ1n) is 12.2. The highest BCUT2D eigenvalue weighted by Crippen LogP contribution is 2.37. The molecule has 0 aromatic heterocycles. The smallest absolute Gasteiger partial charge is 0.303 e. The van der Waals surface area contributed by atoms with Crippen LogP contribution in [-0.2, 0) is 35.1 Å². The van der Waals surface area contributed by atoms with Crippen molar-refractivity contribution in [2.45, 2.75) is 50.5 Å². The summed E-state index contributed by atoms with van der Waals surface area (Å²) in [6, 6.07) is 26.5. The van der Waals surface area contributed by atoms with Gasteiger partial charge in [-0.25, -0.2) is 0 Å². The molecule has 2 aliphatic heterocycles. The van der Waals surface area contributed by atoms with E-state index in [9.17, 15) is 4.79 Å². The van der Waals surface area contributed by atoms with Crippen molar-refractivity contribution < 1.29 is 38.0 Å². The molecule has 2 aliphatic rings. The number of hydrogen-bond donors (Lipinski definition) is 0. The Kier molecular flexibility index (Phi) is 8.01. The van der Waals surface area contributed by atoms with E-state index in [0.717, 1.165) is 11.1 Å². The van der Waals surface area contributed by atoms with Crippen LogP contribution < -0.4 is 9.47 Å². The van der Waals surface area contributed by atoms with Crippen molar-refractivity contribution in [3.63, 3.8) is 0 Å². The van der Waals surface area contributed by atoms with E-state index in [1.807, 2.05) is 60.7 Å². The highest BCUT2D eigenvalue weighted by atomic mass is 16.8. The van der Waals surface area contributed by atoms with Crippen molar-refractivity contribution in [3.05, 3.63) is 96.1 Å². The lowest BCUT2D eigenvalue weighted by Crippen LogP contribution is -2.64. The van der Waals surface area contributed by atoms with Gasteiger partial charge in [-0.1, -0.05) is 60.7 Å². The van der Waals surface area contributed by atoms with Gasteiger partial charge in [-0.3, -0.25) is 4.79 Å². The Morgan fingerprint density at radius 1 is 0.865 bits per heavy atom. The lowest BCUT2D eigenvalue weighted by Gasteiger charge is -2.48. The standard InChI is InChI=1S/C29H30O8/c1-19(30)34-26-25-24(18-33-28(37-25)21-11-7-4-8-12-21)36-29(35-23-15-13-22(31-2)14-16-23)27(26)32-17-20-9-5-3-6-10-20/h3-16,24-29H,17-18H2,1-2H3/t24-,25-,26+,27-,28?,29-/m1/s1. The molecule has 0 spiro atoms. The van der Waals surface area contributed by atoms with Crippen LogP contribution in [0.3, 0.4) is 0 Å². The van der Waals surface area contributed by atoms with E-state index in [1.165, 1.54) is 6.92 Å². The second-order valence-corrected chi connectivity index (χ2v) is 8.85. The molecule has 0 aliphatic carbocycles. The third kappa shape index (κ3) is 6.11. The predicted octanol–water partition coefficient (Wildman–Crippen LogP) is 4.43. The fourth-order valence-corrected chi connectivity index (χ4v) is 4.48. The molecule has 194 valence electrons. The van der Waals surface area contributed by atoms with Crippen molar-refractivity contribution in [3.8, 4) is 11.5 Å². The monoisotopic (exact) mass is 506 g/mol. The van der Waals surface area contributed by atoms with Crippen LogP contribution in [0.2, 0.25) is 0 Å². The van der Waals surface area contributed by atoms with Crippen LogP contribution in [0.5, 0.6) is 11.5 Å². The van der Waals surface area contributed by atoms with Crippen molar-refractivity contribution in [2.24, 2.45) is 0 Å². The molecule has 3 aromatic carbocycles. The number of hydrogen-bond acceptors (Lipinski definition) is 8. The number of carbonyl (C=O) groups is 1. The Morgan fingerprint density at radius 2 is 1.54 bits per heavy atom. The Labute approximate surface area is 216 Å². The van der Waals surface area contributed by atoms with Crippen LogP contribution in [-0.4, -0.2) is 50.4 Å². The van der Waals surface area contributed by atoms with Gasteiger partial charge in [0, 0.05) is 12.5 Å². The van der Waals surface area contributed by atoms with Gasteiger partial charge in [0.1, 0.15) is 23.7 Å². The average molecular weight is 507 g/mol. The Hall–Kier alpha value is -3.43. The number of fused-ring (bicyclic) bond motifs is 1. The maximum absolute atomic E-state index is 12.2. The Morgan fingerprint density at radius 3 is 2.22 bits per heavy atom. The molecule has 0 amide bonds. The summed E-state index contributed by atoms with van der Waals surface area (Å²) in [5, 5.41) is 0. The highest BCUT2D eigenvalue weighted by Gasteiger charge is 2.53. The van der Waals surface area contributed by atoms with Crippen LogP contribution >= 0.6 is 0 Å². The predicted molar refractivity (Wildman–Crippen MR) is 133 cm³/mol. The summed E-state index contributed by atoms with van der Waals surface area (Å²) in [5.74, 6) is 0.806. The quantitative estimate of drug-likeness (QED) is 0.415. The number of esters is 1. The first kappa shape index (κ1) is 25.2. The number of rotatable bonds is 8. The first-order chi connectivity index (χ1) is 18.1. The van der Waals surface area contributed by atoms with Crippen molar-refractivity contribution >= 4 is 5.97 Å². The molecule has 2 saturated heterocycles. The van der Waals surface area contributed by atoms with Gasteiger partial charge in [0.15, 0.2) is 18.5 Å². The summed E-state index contributed by atoms with van der Waals surface area (Å²) < 4.78 is 42.3. The fraction of sp³-hybridized carbons (Fsp3) is 0.345. The molecule has 1 unspecified atom stereocenters. The van der Waals surface area contributed by atoms with Crippen molar-refractivity contribution in [1.29, 1.82) is 0 Å². The maximum Gasteiger partial charge on any atom is 0.303 e. The zero-order valence-corrected chi connectivity index (χ0v) is 20.7. The first-order valence-corrected chi connectivity index (χ1v) is 12.2. The summed E-state index contributed by atoms with van der Waals surface area (Å²) in [5.41, 5.74) is 1.82. The molecule has 0 N–H and O–H groups in total. The van der Waals surface area contributed by atoms with Gasteiger partial charge in [-0.2, -0.15) is 0 Å². The minimum atomic E-state index is -0.886. The summed E-state index contributed by atoms with van der Waals surface area (Å²) in [6.07, 6.45) is -4.25. The van der Waals surface area contributed by atoms with E-state index in [0.29, 0.717) is 11.5 Å². The zero-order chi connectivity index (χ0) is 25.6. The van der Waals surface area contributed by atoms with Crippen molar-refractivity contribution in [1.82, 2.24) is 0 Å². The topological polar surface area (TPSA) is 81.7 Å². The molecule has 6 atom stereocenters. The molecule has 8 heteroatoms. The fourth-order valence-electron chi connectivity index (χ4n) is 4.48. The van der Waals surface area contributed by atoms with E-state index in [4.69, 9.17) is 33.2 Å². The van der Waals surface area contributed by atoms with Gasteiger partial charge < -0.3 is 33.2 Å². The lowest BCUT2D eigenvalue weighted by atomic mass is 9.97. The van der Waals surface area contributed by atoms with Crippen LogP contribution in [0.15, 0.2) is 84.9 Å². The maximum atomic E-state index is 12.2. The Bertz CT molecular complexity index is 1140. The van der Waals surface area contributed by atoms with Gasteiger partial charge in [0.25, 0.3) is 0 Å². The molecular formula is C29H30O8. The minimum absolute atomic E-state index is 0.232. The van der Waals surface area contributed by atoms with Gasteiger partial charge in [-0.05, 0) is 29.8 Å². The summed E-state index contributed by atoms with van der Waals surface area (Å²) in [6.45, 7) is 1.87. The minimum Gasteiger partial charge on any atom is -0.497 e. The number of methoxy groups -OCH3 is 1. The van der Waals surface area contributed by atoms with E-state index >= 15 is 0 Å². The normalized spacial score (nSPS) is 27.1. The molecule has 37 heavy (non-hydrogen) atoms. The molecule has 8 nitrogen and oxygen atoms in total. The van der Waals surface area contributed by atoms with Gasteiger partial charge >= 0.3 is 5.97 Å². The highest BCUT2D eigenvalue weighted by molar-refractivity contribution is 5.66. The lowest BCUT2D eigenvalue weighted by molar-refractivity contribution is -0.356. The molecule has 2 fully saturated rings. The average Bonchev–Trinajstić information content (AvgIpc) is 2.93. The number of ether oxygens (including phenoxy) is 7. The molecule has 5 rings (SSSR count). The summed E-state index contributed by atoms with van der Waals surface area (Å²) >= 11 is 0. The molecular weight excluding hydrogens is 476 g/mol.